The van der Waals surface area contributed by atoms with Gasteiger partial charge >= 0.3 is 0 Å². The van der Waals surface area contributed by atoms with Crippen LogP contribution in [0.4, 0.5) is 8.78 Å². The van der Waals surface area contributed by atoms with Crippen LogP contribution < -0.4 is 0 Å². The van der Waals surface area contributed by atoms with Gasteiger partial charge in [-0.25, -0.2) is 17.2 Å². The lowest BCUT2D eigenvalue weighted by molar-refractivity contribution is 0.392. The molecular weight excluding hydrogens is 186 g/mol. The van der Waals surface area contributed by atoms with Crippen molar-refractivity contribution in [2.24, 2.45) is 0 Å². The summed E-state index contributed by atoms with van der Waals surface area (Å²) in [7, 11) is -3.59. The number of halogens is 2. The second-order valence-corrected chi connectivity index (χ2v) is 4.66. The van der Waals surface area contributed by atoms with Gasteiger partial charge in [-0.2, -0.15) is 0 Å². The number of hydrogen-bond acceptors (Lipinski definition) is 2. The van der Waals surface area contributed by atoms with Crippen LogP contribution in [-0.2, 0) is 9.84 Å². The molecule has 0 bridgehead atoms. The summed E-state index contributed by atoms with van der Waals surface area (Å²) in [4.78, 5) is -0.447. The Hall–Kier alpha value is -0.710. The summed E-state index contributed by atoms with van der Waals surface area (Å²) in [6.07, 6.45) is 0.943. The number of rotatable bonds is 1. The van der Waals surface area contributed by atoms with Crippen LogP contribution in [0.5, 0.6) is 0 Å². The van der Waals surface area contributed by atoms with Gasteiger partial charge in [0, 0.05) is 12.7 Å². The zero-order valence-corrected chi connectivity index (χ0v) is 7.24. The molecule has 0 amide bonds. The summed E-state index contributed by atoms with van der Waals surface area (Å²) in [6.45, 7) is 0. The van der Waals surface area contributed by atoms with Gasteiger partial charge in [0.15, 0.2) is 9.84 Å². The molecule has 1 atom stereocenters. The molecule has 0 spiro atoms. The fourth-order valence-corrected chi connectivity index (χ4v) is 1.84. The number of allylic oxidation sites excluding steroid dienone is 4. The molecule has 0 aromatic carbocycles. The molecule has 0 aliphatic heterocycles. The highest BCUT2D eigenvalue weighted by Gasteiger charge is 2.23. The molecule has 1 aliphatic carbocycles. The lowest BCUT2D eigenvalue weighted by Crippen LogP contribution is -2.11. The Labute approximate surface area is 69.5 Å². The minimum absolute atomic E-state index is 0.388. The normalized spacial score (nSPS) is 24.8. The maximum Gasteiger partial charge on any atom is 0.174 e. The SMILES string of the molecule is CS(=O)(=O)C1=C(F)C=CC(F)C1. The van der Waals surface area contributed by atoms with Gasteiger partial charge in [-0.05, 0) is 12.2 Å². The molecule has 1 aliphatic rings. The van der Waals surface area contributed by atoms with Crippen LogP contribution in [0, 0.1) is 0 Å². The Bertz CT molecular complexity index is 340. The molecule has 0 radical (unpaired) electrons. The van der Waals surface area contributed by atoms with Crippen LogP contribution in [0.2, 0.25) is 0 Å². The highest BCUT2D eigenvalue weighted by atomic mass is 32.2. The quantitative estimate of drug-likeness (QED) is 0.634. The van der Waals surface area contributed by atoms with Crippen LogP contribution in [0.25, 0.3) is 0 Å². The lowest BCUT2D eigenvalue weighted by atomic mass is 10.1. The average Bonchev–Trinajstić information content (AvgIpc) is 1.92. The first kappa shape index (κ1) is 9.38. The van der Waals surface area contributed by atoms with E-state index in [0.29, 0.717) is 0 Å². The van der Waals surface area contributed by atoms with Crippen molar-refractivity contribution in [3.05, 3.63) is 22.9 Å². The zero-order chi connectivity index (χ0) is 9.35. The van der Waals surface area contributed by atoms with Crippen LogP contribution in [0.15, 0.2) is 22.9 Å². The first-order chi connectivity index (χ1) is 5.41. The van der Waals surface area contributed by atoms with Crippen molar-refractivity contribution >= 4 is 9.84 Å². The van der Waals surface area contributed by atoms with E-state index in [1.807, 2.05) is 0 Å². The van der Waals surface area contributed by atoms with Crippen LogP contribution in [-0.4, -0.2) is 20.8 Å². The second-order valence-electron chi connectivity index (χ2n) is 2.62. The van der Waals surface area contributed by atoms with E-state index in [1.165, 1.54) is 0 Å². The fourth-order valence-electron chi connectivity index (χ4n) is 0.953. The van der Waals surface area contributed by atoms with Crippen LogP contribution in [0.3, 0.4) is 0 Å². The van der Waals surface area contributed by atoms with Crippen molar-refractivity contribution in [2.75, 3.05) is 6.26 Å². The van der Waals surface area contributed by atoms with Gasteiger partial charge in [0.05, 0.1) is 4.91 Å². The van der Waals surface area contributed by atoms with Gasteiger partial charge in [-0.15, -0.1) is 0 Å². The molecule has 1 rings (SSSR count). The third-order valence-corrected chi connectivity index (χ3v) is 2.80. The first-order valence-corrected chi connectivity index (χ1v) is 5.21. The van der Waals surface area contributed by atoms with Crippen molar-refractivity contribution in [3.63, 3.8) is 0 Å². The Morgan fingerprint density at radius 1 is 1.58 bits per heavy atom. The summed E-state index contributed by atoms with van der Waals surface area (Å²) in [5.74, 6) is -0.855. The lowest BCUT2D eigenvalue weighted by Gasteiger charge is -2.11. The molecule has 1 unspecified atom stereocenters. The third-order valence-electron chi connectivity index (χ3n) is 1.55. The monoisotopic (exact) mass is 194 g/mol. The van der Waals surface area contributed by atoms with E-state index in [0.717, 1.165) is 18.4 Å². The highest BCUT2D eigenvalue weighted by molar-refractivity contribution is 7.94. The van der Waals surface area contributed by atoms with Crippen LogP contribution >= 0.6 is 0 Å². The van der Waals surface area contributed by atoms with Crippen molar-refractivity contribution < 1.29 is 17.2 Å². The van der Waals surface area contributed by atoms with Gasteiger partial charge in [-0.3, -0.25) is 0 Å². The van der Waals surface area contributed by atoms with Gasteiger partial charge < -0.3 is 0 Å². The Morgan fingerprint density at radius 3 is 2.58 bits per heavy atom. The molecule has 0 aromatic rings. The Kier molecular flexibility index (Phi) is 2.32. The molecule has 2 nitrogen and oxygen atoms in total. The second kappa shape index (κ2) is 2.97. The fraction of sp³-hybridized carbons (Fsp3) is 0.429. The minimum Gasteiger partial charge on any atom is -0.243 e. The summed E-state index contributed by atoms with van der Waals surface area (Å²) in [5.41, 5.74) is 0. The Morgan fingerprint density at radius 2 is 2.17 bits per heavy atom. The van der Waals surface area contributed by atoms with Crippen molar-refractivity contribution in [1.82, 2.24) is 0 Å². The van der Waals surface area contributed by atoms with Gasteiger partial charge in [0.2, 0.25) is 0 Å². The largest absolute Gasteiger partial charge is 0.243 e. The van der Waals surface area contributed by atoms with E-state index >= 15 is 0 Å². The van der Waals surface area contributed by atoms with E-state index in [2.05, 4.69) is 0 Å². The molecular formula is C7H8F2O2S. The molecule has 0 saturated heterocycles. The van der Waals surface area contributed by atoms with Crippen LogP contribution in [0.1, 0.15) is 6.42 Å². The zero-order valence-electron chi connectivity index (χ0n) is 6.42. The molecule has 0 fully saturated rings. The maximum atomic E-state index is 12.8. The Balaban J connectivity index is 3.11. The van der Waals surface area contributed by atoms with E-state index < -0.39 is 26.7 Å². The molecule has 0 saturated carbocycles. The summed E-state index contributed by atoms with van der Waals surface area (Å²) < 4.78 is 47.0. The maximum absolute atomic E-state index is 12.8. The van der Waals surface area contributed by atoms with E-state index in [9.17, 15) is 17.2 Å². The molecule has 5 heteroatoms. The first-order valence-electron chi connectivity index (χ1n) is 3.32. The molecule has 0 aromatic heterocycles. The number of alkyl halides is 1. The number of sulfone groups is 1. The highest BCUT2D eigenvalue weighted by Crippen LogP contribution is 2.25. The third kappa shape index (κ3) is 1.91. The molecule has 12 heavy (non-hydrogen) atoms. The molecule has 68 valence electrons. The number of hydrogen-bond donors (Lipinski definition) is 0. The van der Waals surface area contributed by atoms with E-state index in [-0.39, 0.29) is 6.42 Å². The topological polar surface area (TPSA) is 34.1 Å². The van der Waals surface area contributed by atoms with E-state index in [1.54, 1.807) is 0 Å². The summed E-state index contributed by atoms with van der Waals surface area (Å²) in [6, 6.07) is 0. The smallest absolute Gasteiger partial charge is 0.174 e. The summed E-state index contributed by atoms with van der Waals surface area (Å²) in [5, 5.41) is 0. The van der Waals surface area contributed by atoms with Crippen molar-refractivity contribution in [1.29, 1.82) is 0 Å². The van der Waals surface area contributed by atoms with Crippen molar-refractivity contribution in [2.45, 2.75) is 12.6 Å². The summed E-state index contributed by atoms with van der Waals surface area (Å²) >= 11 is 0. The predicted molar refractivity (Wildman–Crippen MR) is 41.6 cm³/mol. The predicted octanol–water partition coefficient (Wildman–Crippen LogP) is 1.51. The van der Waals surface area contributed by atoms with E-state index in [4.69, 9.17) is 0 Å². The minimum atomic E-state index is -3.59. The molecule has 0 N–H and O–H groups in total. The van der Waals surface area contributed by atoms with Gasteiger partial charge in [-0.1, -0.05) is 0 Å². The molecule has 0 heterocycles. The average molecular weight is 194 g/mol. The van der Waals surface area contributed by atoms with Crippen molar-refractivity contribution in [3.8, 4) is 0 Å². The van der Waals surface area contributed by atoms with Gasteiger partial charge in [0.25, 0.3) is 0 Å². The van der Waals surface area contributed by atoms with Gasteiger partial charge in [0.1, 0.15) is 12.0 Å². The standard InChI is InChI=1S/C7H8F2O2S/c1-12(10,11)7-4-5(8)2-3-6(7)9/h2-3,5H,4H2,1H3.